The van der Waals surface area contributed by atoms with Crippen LogP contribution in [0.1, 0.15) is 30.3 Å². The van der Waals surface area contributed by atoms with Gasteiger partial charge >= 0.3 is 0 Å². The van der Waals surface area contributed by atoms with Gasteiger partial charge < -0.3 is 10.6 Å². The van der Waals surface area contributed by atoms with Gasteiger partial charge in [-0.05, 0) is 32.4 Å². The van der Waals surface area contributed by atoms with Crippen molar-refractivity contribution in [3.63, 3.8) is 0 Å². The maximum atomic E-state index is 12.0. The van der Waals surface area contributed by atoms with Gasteiger partial charge in [0, 0.05) is 25.2 Å². The topological polar surface area (TPSA) is 76.0 Å². The fraction of sp³-hybridized carbons (Fsp3) is 0.583. The molecular weight excluding hydrogens is 232 g/mol. The molecule has 1 amide bonds. The molecule has 1 aliphatic rings. The molecule has 2 heterocycles. The average Bonchev–Trinajstić information content (AvgIpc) is 2.35. The van der Waals surface area contributed by atoms with Crippen LogP contribution < -0.4 is 16.2 Å². The number of aromatic nitrogens is 2. The molecule has 2 unspecified atom stereocenters. The maximum Gasteiger partial charge on any atom is 0.271 e. The number of rotatable bonds is 2. The quantitative estimate of drug-likeness (QED) is 0.752. The number of amides is 1. The summed E-state index contributed by atoms with van der Waals surface area (Å²) in [5.41, 5.74) is 0.0501. The van der Waals surface area contributed by atoms with E-state index in [4.69, 9.17) is 0 Å². The van der Waals surface area contributed by atoms with Crippen LogP contribution in [-0.2, 0) is 7.05 Å². The van der Waals surface area contributed by atoms with Crippen LogP contribution in [0.15, 0.2) is 16.9 Å². The average molecular weight is 250 g/mol. The Morgan fingerprint density at radius 1 is 1.56 bits per heavy atom. The largest absolute Gasteiger partial charge is 0.346 e. The Bertz CT molecular complexity index is 497. The van der Waals surface area contributed by atoms with Gasteiger partial charge in [0.25, 0.3) is 11.5 Å². The molecule has 0 aromatic carbocycles. The smallest absolute Gasteiger partial charge is 0.271 e. The van der Waals surface area contributed by atoms with Gasteiger partial charge in [-0.25, -0.2) is 4.68 Å². The molecule has 2 atom stereocenters. The lowest BCUT2D eigenvalue weighted by Crippen LogP contribution is -2.52. The molecule has 0 bridgehead atoms. The second-order valence-corrected chi connectivity index (χ2v) is 4.65. The van der Waals surface area contributed by atoms with Gasteiger partial charge in [-0.2, -0.15) is 5.10 Å². The molecule has 98 valence electrons. The van der Waals surface area contributed by atoms with Crippen LogP contribution in [0.5, 0.6) is 0 Å². The molecule has 18 heavy (non-hydrogen) atoms. The van der Waals surface area contributed by atoms with Gasteiger partial charge in [0.15, 0.2) is 0 Å². The summed E-state index contributed by atoms with van der Waals surface area (Å²) in [6.07, 6.45) is 2.02. The number of nitrogens with one attached hydrogen (secondary N) is 2. The fourth-order valence-electron chi connectivity index (χ4n) is 2.11. The Labute approximate surface area is 105 Å². The van der Waals surface area contributed by atoms with E-state index in [2.05, 4.69) is 22.7 Å². The van der Waals surface area contributed by atoms with E-state index < -0.39 is 0 Å². The molecule has 1 aromatic heterocycles. The Balaban J connectivity index is 2.07. The number of nitrogens with zero attached hydrogens (tertiary/aromatic N) is 2. The first-order chi connectivity index (χ1) is 8.58. The Hall–Kier alpha value is -1.69. The third kappa shape index (κ3) is 2.76. The molecule has 2 rings (SSSR count). The normalized spacial score (nSPS) is 23.7. The molecule has 0 saturated carbocycles. The van der Waals surface area contributed by atoms with Crippen molar-refractivity contribution < 1.29 is 4.79 Å². The van der Waals surface area contributed by atoms with Crippen LogP contribution in [0.4, 0.5) is 0 Å². The number of aryl methyl sites for hydroxylation is 1. The molecule has 2 N–H and O–H groups in total. The highest BCUT2D eigenvalue weighted by atomic mass is 16.2. The zero-order valence-electron chi connectivity index (χ0n) is 10.6. The zero-order valence-corrected chi connectivity index (χ0v) is 10.6. The van der Waals surface area contributed by atoms with Crippen molar-refractivity contribution in [1.82, 2.24) is 20.4 Å². The molecule has 0 aliphatic carbocycles. The highest BCUT2D eigenvalue weighted by molar-refractivity contribution is 5.92. The third-order valence-electron chi connectivity index (χ3n) is 3.27. The van der Waals surface area contributed by atoms with Crippen molar-refractivity contribution >= 4 is 5.91 Å². The number of piperidine rings is 1. The predicted octanol–water partition coefficient (Wildman–Crippen LogP) is -0.349. The Kier molecular flexibility index (Phi) is 3.76. The molecule has 1 fully saturated rings. The van der Waals surface area contributed by atoms with Gasteiger partial charge in [-0.3, -0.25) is 9.59 Å². The van der Waals surface area contributed by atoms with Crippen molar-refractivity contribution in [2.75, 3.05) is 6.54 Å². The first-order valence-electron chi connectivity index (χ1n) is 6.16. The molecule has 1 aliphatic heterocycles. The highest BCUT2D eigenvalue weighted by Crippen LogP contribution is 2.08. The molecule has 0 spiro atoms. The minimum Gasteiger partial charge on any atom is -0.346 e. The van der Waals surface area contributed by atoms with E-state index in [1.165, 1.54) is 19.2 Å². The number of carbonyl (C=O) groups is 1. The summed E-state index contributed by atoms with van der Waals surface area (Å²) in [6.45, 7) is 3.05. The van der Waals surface area contributed by atoms with E-state index in [-0.39, 0.29) is 29.2 Å². The number of carbonyl (C=O) groups excluding carboxylic acids is 1. The zero-order chi connectivity index (χ0) is 13.1. The molecule has 1 aromatic rings. The third-order valence-corrected chi connectivity index (χ3v) is 3.27. The van der Waals surface area contributed by atoms with Crippen LogP contribution in [0.3, 0.4) is 0 Å². The van der Waals surface area contributed by atoms with Gasteiger partial charge in [-0.15, -0.1) is 0 Å². The lowest BCUT2D eigenvalue weighted by molar-refractivity contribution is 0.0912. The molecule has 6 heteroatoms. The van der Waals surface area contributed by atoms with Gasteiger partial charge in [-0.1, -0.05) is 0 Å². The molecule has 0 radical (unpaired) electrons. The minimum atomic E-state index is -0.230. The fourth-order valence-corrected chi connectivity index (χ4v) is 2.11. The van der Waals surface area contributed by atoms with Gasteiger partial charge in [0.05, 0.1) is 0 Å². The van der Waals surface area contributed by atoms with Crippen LogP contribution >= 0.6 is 0 Å². The Morgan fingerprint density at radius 3 is 3.00 bits per heavy atom. The molecular formula is C12H18N4O2. The van der Waals surface area contributed by atoms with E-state index in [0.29, 0.717) is 0 Å². The van der Waals surface area contributed by atoms with E-state index >= 15 is 0 Å². The lowest BCUT2D eigenvalue weighted by Gasteiger charge is -2.30. The van der Waals surface area contributed by atoms with Gasteiger partial charge in [0.1, 0.15) is 5.69 Å². The van der Waals surface area contributed by atoms with Crippen molar-refractivity contribution in [2.24, 2.45) is 7.05 Å². The monoisotopic (exact) mass is 250 g/mol. The van der Waals surface area contributed by atoms with Gasteiger partial charge in [0.2, 0.25) is 0 Å². The van der Waals surface area contributed by atoms with E-state index in [9.17, 15) is 9.59 Å². The van der Waals surface area contributed by atoms with E-state index in [1.807, 2.05) is 0 Å². The Morgan fingerprint density at radius 2 is 2.33 bits per heavy atom. The molecule has 1 saturated heterocycles. The lowest BCUT2D eigenvalue weighted by atomic mass is 10.00. The summed E-state index contributed by atoms with van der Waals surface area (Å²) in [5.74, 6) is -0.230. The van der Waals surface area contributed by atoms with Crippen LogP contribution in [-0.4, -0.2) is 34.3 Å². The van der Waals surface area contributed by atoms with Crippen molar-refractivity contribution in [1.29, 1.82) is 0 Å². The number of hydrogen-bond donors (Lipinski definition) is 2. The summed E-state index contributed by atoms with van der Waals surface area (Å²) in [4.78, 5) is 23.2. The van der Waals surface area contributed by atoms with Crippen LogP contribution in [0.2, 0.25) is 0 Å². The summed E-state index contributed by atoms with van der Waals surface area (Å²) < 4.78 is 1.16. The minimum absolute atomic E-state index is 0.116. The highest BCUT2D eigenvalue weighted by Gasteiger charge is 2.23. The summed E-state index contributed by atoms with van der Waals surface area (Å²) >= 11 is 0. The second-order valence-electron chi connectivity index (χ2n) is 4.65. The maximum absolute atomic E-state index is 12.0. The van der Waals surface area contributed by atoms with Crippen molar-refractivity contribution in [2.45, 2.75) is 31.8 Å². The first kappa shape index (κ1) is 12.8. The second kappa shape index (κ2) is 5.30. The van der Waals surface area contributed by atoms with Crippen LogP contribution in [0.25, 0.3) is 0 Å². The van der Waals surface area contributed by atoms with Crippen molar-refractivity contribution in [3.8, 4) is 0 Å². The summed E-state index contributed by atoms with van der Waals surface area (Å²) in [7, 11) is 1.53. The SMILES string of the molecule is CC1NCCCC1NC(=O)c1ccc(=O)n(C)n1. The number of hydrogen-bond acceptors (Lipinski definition) is 4. The van der Waals surface area contributed by atoms with E-state index in [1.54, 1.807) is 0 Å². The standard InChI is InChI=1S/C12H18N4O2/c1-8-9(4-3-7-13-8)14-12(18)10-5-6-11(17)16(2)15-10/h5-6,8-9,13H,3-4,7H2,1-2H3,(H,14,18). The summed E-state index contributed by atoms with van der Waals surface area (Å²) in [6, 6.07) is 3.18. The van der Waals surface area contributed by atoms with Crippen molar-refractivity contribution in [3.05, 3.63) is 28.2 Å². The van der Waals surface area contributed by atoms with Crippen LogP contribution in [0, 0.1) is 0 Å². The predicted molar refractivity (Wildman–Crippen MR) is 67.4 cm³/mol. The van der Waals surface area contributed by atoms with E-state index in [0.717, 1.165) is 24.1 Å². The summed E-state index contributed by atoms with van der Waals surface area (Å²) in [5, 5.41) is 10.2. The molecule has 6 nitrogen and oxygen atoms in total. The first-order valence-corrected chi connectivity index (χ1v) is 6.16.